The molecule has 110 valence electrons. The summed E-state index contributed by atoms with van der Waals surface area (Å²) in [5.74, 6) is 0. The second-order valence-corrected chi connectivity index (χ2v) is 4.67. The van der Waals surface area contributed by atoms with Gasteiger partial charge in [0.25, 0.3) is 0 Å². The van der Waals surface area contributed by atoms with Crippen molar-refractivity contribution in [3.05, 3.63) is 46.3 Å². The van der Waals surface area contributed by atoms with Gasteiger partial charge in [0.15, 0.2) is 18.5 Å². The van der Waals surface area contributed by atoms with E-state index in [9.17, 15) is 4.79 Å². The third-order valence-corrected chi connectivity index (χ3v) is 3.31. The zero-order valence-electron chi connectivity index (χ0n) is 11.0. The molecule has 4 atom stereocenters. The summed E-state index contributed by atoms with van der Waals surface area (Å²) in [6.45, 7) is 0.375. The maximum Gasteiger partial charge on any atom is 0.509 e. The molecule has 2 fully saturated rings. The van der Waals surface area contributed by atoms with Crippen LogP contribution in [0.5, 0.6) is 0 Å². The fraction of sp³-hybridized carbons (Fsp3) is 0.462. The van der Waals surface area contributed by atoms with E-state index in [2.05, 4.69) is 10.0 Å². The lowest BCUT2D eigenvalue weighted by Gasteiger charge is -2.16. The number of fused-ring (bicyclic) bond motifs is 1. The van der Waals surface area contributed by atoms with E-state index < -0.39 is 30.8 Å². The highest BCUT2D eigenvalue weighted by atomic mass is 16.8. The lowest BCUT2D eigenvalue weighted by Crippen LogP contribution is -2.31. The van der Waals surface area contributed by atoms with Crippen molar-refractivity contribution >= 4 is 6.16 Å². The Balaban J connectivity index is 1.64. The first-order chi connectivity index (χ1) is 10.3. The number of azide groups is 1. The first-order valence-corrected chi connectivity index (χ1v) is 6.47. The minimum Gasteiger partial charge on any atom is -0.424 e. The van der Waals surface area contributed by atoms with E-state index in [0.717, 1.165) is 5.56 Å². The first kappa shape index (κ1) is 13.7. The molecule has 2 aliphatic heterocycles. The average molecular weight is 291 g/mol. The second kappa shape index (κ2) is 6.01. The van der Waals surface area contributed by atoms with E-state index in [1.165, 1.54) is 0 Å². The van der Waals surface area contributed by atoms with E-state index in [-0.39, 0.29) is 6.54 Å². The Bertz CT molecular complexity index is 560. The van der Waals surface area contributed by atoms with Crippen molar-refractivity contribution in [3.8, 4) is 0 Å². The van der Waals surface area contributed by atoms with E-state index in [1.54, 1.807) is 0 Å². The van der Waals surface area contributed by atoms with E-state index in [4.69, 9.17) is 24.5 Å². The van der Waals surface area contributed by atoms with Crippen LogP contribution < -0.4 is 0 Å². The van der Waals surface area contributed by atoms with Crippen molar-refractivity contribution in [2.24, 2.45) is 5.11 Å². The van der Waals surface area contributed by atoms with Crippen molar-refractivity contribution in [2.45, 2.75) is 31.2 Å². The number of carbonyl (C=O) groups is 1. The minimum absolute atomic E-state index is 0.0551. The Morgan fingerprint density at radius 2 is 2.00 bits per heavy atom. The van der Waals surface area contributed by atoms with Gasteiger partial charge in [0.1, 0.15) is 6.10 Å². The molecule has 0 bridgehead atoms. The normalized spacial score (nSPS) is 30.2. The Morgan fingerprint density at radius 3 is 2.76 bits per heavy atom. The summed E-state index contributed by atoms with van der Waals surface area (Å²) in [5, 5.41) is 3.45. The Labute approximate surface area is 120 Å². The van der Waals surface area contributed by atoms with Crippen LogP contribution in [0.25, 0.3) is 10.4 Å². The summed E-state index contributed by atoms with van der Waals surface area (Å²) in [6, 6.07) is 9.55. The molecule has 0 saturated carbocycles. The highest BCUT2D eigenvalue weighted by molar-refractivity contribution is 5.63. The van der Waals surface area contributed by atoms with Crippen molar-refractivity contribution in [2.75, 3.05) is 6.54 Å². The summed E-state index contributed by atoms with van der Waals surface area (Å²) in [4.78, 5) is 13.9. The van der Waals surface area contributed by atoms with Gasteiger partial charge in [-0.2, -0.15) is 0 Å². The highest BCUT2D eigenvalue weighted by Gasteiger charge is 2.54. The van der Waals surface area contributed by atoms with Crippen molar-refractivity contribution in [1.29, 1.82) is 0 Å². The van der Waals surface area contributed by atoms with Gasteiger partial charge in [0, 0.05) is 4.91 Å². The molecule has 1 aromatic carbocycles. The predicted molar refractivity (Wildman–Crippen MR) is 69.0 cm³/mol. The Kier molecular flexibility index (Phi) is 3.92. The third-order valence-electron chi connectivity index (χ3n) is 3.31. The zero-order valence-corrected chi connectivity index (χ0v) is 11.0. The molecule has 0 N–H and O–H groups in total. The van der Waals surface area contributed by atoms with Crippen molar-refractivity contribution < 1.29 is 23.7 Å². The molecule has 0 aromatic heterocycles. The van der Waals surface area contributed by atoms with Gasteiger partial charge >= 0.3 is 6.16 Å². The molecule has 2 heterocycles. The lowest BCUT2D eigenvalue weighted by molar-refractivity contribution is -0.171. The molecule has 2 saturated heterocycles. The zero-order chi connectivity index (χ0) is 14.7. The standard InChI is InChI=1S/C13H13N3O5/c14-16-15-6-9-10-11(21-13(17)20-10)12(19-9)18-7-8-4-2-1-3-5-8/h1-5,9-12H,6-7H2/t9-,10-,11-,12-/m1/s1. The van der Waals surface area contributed by atoms with Crippen LogP contribution in [-0.4, -0.2) is 37.3 Å². The molecule has 0 unspecified atom stereocenters. The van der Waals surface area contributed by atoms with Crippen LogP contribution in [0.1, 0.15) is 5.56 Å². The molecule has 8 heteroatoms. The van der Waals surface area contributed by atoms with Gasteiger partial charge in [-0.05, 0) is 11.1 Å². The lowest BCUT2D eigenvalue weighted by atomic mass is 10.1. The monoisotopic (exact) mass is 291 g/mol. The topological polar surface area (TPSA) is 103 Å². The number of benzene rings is 1. The molecule has 0 aliphatic carbocycles. The quantitative estimate of drug-likeness (QED) is 0.358. The maximum atomic E-state index is 11.2. The van der Waals surface area contributed by atoms with Crippen molar-refractivity contribution in [3.63, 3.8) is 0 Å². The van der Waals surface area contributed by atoms with Crippen LogP contribution in [0, 0.1) is 0 Å². The molecule has 3 rings (SSSR count). The second-order valence-electron chi connectivity index (χ2n) is 4.67. The number of rotatable bonds is 5. The third kappa shape index (κ3) is 2.92. The van der Waals surface area contributed by atoms with Gasteiger partial charge < -0.3 is 18.9 Å². The molecule has 2 aliphatic rings. The van der Waals surface area contributed by atoms with E-state index in [0.29, 0.717) is 6.61 Å². The molecule has 21 heavy (non-hydrogen) atoms. The van der Waals surface area contributed by atoms with Crippen LogP contribution in [0.2, 0.25) is 0 Å². The summed E-state index contributed by atoms with van der Waals surface area (Å²) >= 11 is 0. The number of ether oxygens (including phenoxy) is 4. The fourth-order valence-corrected chi connectivity index (χ4v) is 2.36. The van der Waals surface area contributed by atoms with Gasteiger partial charge in [-0.25, -0.2) is 4.79 Å². The number of hydrogen-bond donors (Lipinski definition) is 0. The largest absolute Gasteiger partial charge is 0.509 e. The first-order valence-electron chi connectivity index (χ1n) is 6.47. The molecule has 8 nitrogen and oxygen atoms in total. The van der Waals surface area contributed by atoms with Gasteiger partial charge in [0.2, 0.25) is 0 Å². The SMILES string of the molecule is [N-]=[N+]=NC[C@H]1O[C@@H](OCc2ccccc2)[C@@H]2OC(=O)O[C@@H]21. The smallest absolute Gasteiger partial charge is 0.424 e. The number of carbonyl (C=O) groups excluding carboxylic acids is 1. The van der Waals surface area contributed by atoms with Gasteiger partial charge in [-0.3, -0.25) is 0 Å². The van der Waals surface area contributed by atoms with Crippen LogP contribution in [0.15, 0.2) is 35.4 Å². The van der Waals surface area contributed by atoms with Gasteiger partial charge in [-0.1, -0.05) is 35.4 Å². The Hall–Kier alpha value is -2.28. The molecule has 1 aromatic rings. The highest BCUT2D eigenvalue weighted by Crippen LogP contribution is 2.33. The summed E-state index contributed by atoms with van der Waals surface area (Å²) in [7, 11) is 0. The molecule has 0 spiro atoms. The van der Waals surface area contributed by atoms with Crippen LogP contribution in [-0.2, 0) is 25.6 Å². The van der Waals surface area contributed by atoms with Crippen molar-refractivity contribution in [1.82, 2.24) is 0 Å². The van der Waals surface area contributed by atoms with Gasteiger partial charge in [-0.15, -0.1) is 0 Å². The average Bonchev–Trinajstić information content (AvgIpc) is 3.02. The maximum absolute atomic E-state index is 11.2. The molecular formula is C13H13N3O5. The predicted octanol–water partition coefficient (Wildman–Crippen LogP) is 2.14. The summed E-state index contributed by atoms with van der Waals surface area (Å²) in [5.41, 5.74) is 9.34. The van der Waals surface area contributed by atoms with E-state index in [1.807, 2.05) is 30.3 Å². The van der Waals surface area contributed by atoms with Crippen LogP contribution in [0.4, 0.5) is 4.79 Å². The van der Waals surface area contributed by atoms with E-state index >= 15 is 0 Å². The van der Waals surface area contributed by atoms with Crippen LogP contribution >= 0.6 is 0 Å². The summed E-state index contributed by atoms with van der Waals surface area (Å²) in [6.07, 6.45) is -3.30. The Morgan fingerprint density at radius 1 is 1.24 bits per heavy atom. The number of hydrogen-bond acceptors (Lipinski definition) is 6. The summed E-state index contributed by atoms with van der Waals surface area (Å²) < 4.78 is 21.3. The van der Waals surface area contributed by atoms with Gasteiger partial charge in [0.05, 0.1) is 13.2 Å². The minimum atomic E-state index is -0.757. The molecule has 0 amide bonds. The molecular weight excluding hydrogens is 278 g/mol. The fourth-order valence-electron chi connectivity index (χ4n) is 2.36. The van der Waals surface area contributed by atoms with Crippen LogP contribution in [0.3, 0.4) is 0 Å². The number of nitrogens with zero attached hydrogens (tertiary/aromatic N) is 3. The molecule has 0 radical (unpaired) electrons.